The van der Waals surface area contributed by atoms with Gasteiger partial charge in [-0.2, -0.15) is 13.2 Å². The van der Waals surface area contributed by atoms with Crippen LogP contribution in [0.25, 0.3) is 0 Å². The van der Waals surface area contributed by atoms with E-state index in [2.05, 4.69) is 10.6 Å². The summed E-state index contributed by atoms with van der Waals surface area (Å²) in [6, 6.07) is 2.54. The molecule has 7 nitrogen and oxygen atoms in total. The predicted molar refractivity (Wildman–Crippen MR) is 90.0 cm³/mol. The highest BCUT2D eigenvalue weighted by Crippen LogP contribution is 2.37. The van der Waals surface area contributed by atoms with Gasteiger partial charge in [0.05, 0.1) is 10.5 Å². The number of halogens is 3. The van der Waals surface area contributed by atoms with Gasteiger partial charge in [0, 0.05) is 38.2 Å². The van der Waals surface area contributed by atoms with Crippen molar-refractivity contribution in [1.82, 2.24) is 10.6 Å². The van der Waals surface area contributed by atoms with Crippen molar-refractivity contribution in [2.75, 3.05) is 38.1 Å². The number of benzene rings is 1. The zero-order valence-electron chi connectivity index (χ0n) is 14.3. The molecule has 0 saturated carbocycles. The number of alkyl halides is 3. The van der Waals surface area contributed by atoms with E-state index in [-0.39, 0.29) is 17.5 Å². The molecule has 1 saturated heterocycles. The van der Waals surface area contributed by atoms with Crippen molar-refractivity contribution in [2.45, 2.75) is 19.0 Å². The maximum Gasteiger partial charge on any atom is 0.416 e. The highest BCUT2D eigenvalue weighted by atomic mass is 19.4. The average Bonchev–Trinajstić information content (AvgIpc) is 2.60. The topological polar surface area (TPSA) is 87.5 Å². The van der Waals surface area contributed by atoms with Crippen molar-refractivity contribution in [3.63, 3.8) is 0 Å². The molecular formula is C16H21F3N4O3. The molecule has 1 fully saturated rings. The Bertz CT molecular complexity index is 659. The van der Waals surface area contributed by atoms with E-state index in [9.17, 15) is 28.1 Å². The number of hydrogen-bond acceptors (Lipinski definition) is 5. The van der Waals surface area contributed by atoms with Gasteiger partial charge in [-0.15, -0.1) is 0 Å². The maximum absolute atomic E-state index is 12.8. The van der Waals surface area contributed by atoms with Crippen LogP contribution < -0.4 is 15.5 Å². The number of likely N-dealkylation sites (N-methyl/N-ethyl adjacent to an activating group) is 1. The molecular weight excluding hydrogens is 353 g/mol. The zero-order valence-corrected chi connectivity index (χ0v) is 14.3. The Hall–Kier alpha value is -2.36. The zero-order chi connectivity index (χ0) is 19.3. The first-order valence-corrected chi connectivity index (χ1v) is 8.27. The first-order valence-electron chi connectivity index (χ1n) is 8.27. The van der Waals surface area contributed by atoms with Gasteiger partial charge in [0.15, 0.2) is 0 Å². The second-order valence-corrected chi connectivity index (χ2v) is 6.11. The second-order valence-electron chi connectivity index (χ2n) is 6.11. The SMILES string of the molecule is CNCCNC(=O)C1CCN(c2ccc(C(F)(F)F)cc2[N+](=O)[O-])CC1. The molecule has 0 spiro atoms. The van der Waals surface area contributed by atoms with Gasteiger partial charge in [-0.05, 0) is 32.0 Å². The van der Waals surface area contributed by atoms with Crippen LogP contribution in [0, 0.1) is 16.0 Å². The van der Waals surface area contributed by atoms with E-state index in [1.54, 1.807) is 11.9 Å². The van der Waals surface area contributed by atoms with Crippen LogP contribution in [-0.2, 0) is 11.0 Å². The number of carbonyl (C=O) groups excluding carboxylic acids is 1. The second kappa shape index (κ2) is 8.35. The lowest BCUT2D eigenvalue weighted by Crippen LogP contribution is -2.42. The van der Waals surface area contributed by atoms with Crippen LogP contribution in [0.5, 0.6) is 0 Å². The number of nitro groups is 1. The lowest BCUT2D eigenvalue weighted by atomic mass is 9.95. The van der Waals surface area contributed by atoms with Gasteiger partial charge < -0.3 is 15.5 Å². The van der Waals surface area contributed by atoms with Gasteiger partial charge in [-0.3, -0.25) is 14.9 Å². The number of nitrogens with one attached hydrogen (secondary N) is 2. The number of nitrogens with zero attached hydrogens (tertiary/aromatic N) is 2. The van der Waals surface area contributed by atoms with E-state index in [4.69, 9.17) is 0 Å². The number of piperidine rings is 1. The van der Waals surface area contributed by atoms with Crippen molar-refractivity contribution in [1.29, 1.82) is 0 Å². The van der Waals surface area contributed by atoms with E-state index in [0.29, 0.717) is 45.1 Å². The lowest BCUT2D eigenvalue weighted by molar-refractivity contribution is -0.384. The first-order chi connectivity index (χ1) is 12.2. The third-order valence-corrected chi connectivity index (χ3v) is 4.38. The third kappa shape index (κ3) is 4.84. The van der Waals surface area contributed by atoms with Crippen LogP contribution in [0.3, 0.4) is 0 Å². The average molecular weight is 374 g/mol. The summed E-state index contributed by atoms with van der Waals surface area (Å²) in [4.78, 5) is 24.1. The Morgan fingerprint density at radius 2 is 1.96 bits per heavy atom. The van der Waals surface area contributed by atoms with Crippen molar-refractivity contribution < 1.29 is 22.9 Å². The maximum atomic E-state index is 12.8. The highest BCUT2D eigenvalue weighted by molar-refractivity contribution is 5.79. The molecule has 0 aromatic heterocycles. The van der Waals surface area contributed by atoms with Gasteiger partial charge in [0.25, 0.3) is 5.69 Å². The van der Waals surface area contributed by atoms with E-state index in [1.807, 2.05) is 0 Å². The normalized spacial score (nSPS) is 15.8. The molecule has 2 rings (SSSR count). The molecule has 0 radical (unpaired) electrons. The van der Waals surface area contributed by atoms with Crippen molar-refractivity contribution >= 4 is 17.3 Å². The van der Waals surface area contributed by atoms with E-state index in [0.717, 1.165) is 12.1 Å². The van der Waals surface area contributed by atoms with E-state index >= 15 is 0 Å². The molecule has 2 N–H and O–H groups in total. The molecule has 10 heteroatoms. The van der Waals surface area contributed by atoms with Crippen LogP contribution in [0.1, 0.15) is 18.4 Å². The summed E-state index contributed by atoms with van der Waals surface area (Å²) in [6.07, 6.45) is -3.66. The van der Waals surface area contributed by atoms with Gasteiger partial charge in [0.2, 0.25) is 5.91 Å². The van der Waals surface area contributed by atoms with Crippen LogP contribution in [0.4, 0.5) is 24.5 Å². The Morgan fingerprint density at radius 3 is 2.50 bits per heavy atom. The predicted octanol–water partition coefficient (Wildman–Crippen LogP) is 2.17. The number of hydrogen-bond donors (Lipinski definition) is 2. The van der Waals surface area contributed by atoms with Crippen LogP contribution in [0.15, 0.2) is 18.2 Å². The molecule has 1 amide bonds. The summed E-state index contributed by atoms with van der Waals surface area (Å²) in [5.74, 6) is -0.265. The van der Waals surface area contributed by atoms with Crippen molar-refractivity contribution in [2.24, 2.45) is 5.92 Å². The largest absolute Gasteiger partial charge is 0.416 e. The smallest absolute Gasteiger partial charge is 0.366 e. The molecule has 26 heavy (non-hydrogen) atoms. The van der Waals surface area contributed by atoms with Gasteiger partial charge in [-0.1, -0.05) is 0 Å². The summed E-state index contributed by atoms with van der Waals surface area (Å²) in [6.45, 7) is 1.91. The lowest BCUT2D eigenvalue weighted by Gasteiger charge is -2.32. The Kier molecular flexibility index (Phi) is 6.41. The van der Waals surface area contributed by atoms with Crippen LogP contribution in [-0.4, -0.2) is 44.1 Å². The summed E-state index contributed by atoms with van der Waals surface area (Å²) in [5, 5.41) is 16.9. The molecule has 1 aromatic rings. The molecule has 0 aliphatic carbocycles. The molecule has 0 unspecified atom stereocenters. The van der Waals surface area contributed by atoms with Gasteiger partial charge in [-0.25, -0.2) is 0 Å². The summed E-state index contributed by atoms with van der Waals surface area (Å²) < 4.78 is 38.4. The fourth-order valence-electron chi connectivity index (χ4n) is 2.95. The number of amides is 1. The quantitative estimate of drug-likeness (QED) is 0.453. The van der Waals surface area contributed by atoms with E-state index in [1.165, 1.54) is 0 Å². The molecule has 0 atom stereocenters. The minimum atomic E-state index is -4.64. The Balaban J connectivity index is 2.07. The van der Waals surface area contributed by atoms with Crippen molar-refractivity contribution in [3.8, 4) is 0 Å². The Labute approximate surface area is 148 Å². The summed E-state index contributed by atoms with van der Waals surface area (Å²) in [5.41, 5.74) is -1.47. The van der Waals surface area contributed by atoms with Crippen LogP contribution in [0.2, 0.25) is 0 Å². The van der Waals surface area contributed by atoms with Crippen molar-refractivity contribution in [3.05, 3.63) is 33.9 Å². The Morgan fingerprint density at radius 1 is 1.31 bits per heavy atom. The fraction of sp³-hybridized carbons (Fsp3) is 0.562. The molecule has 144 valence electrons. The molecule has 1 aromatic carbocycles. The standard InChI is InChI=1S/C16H21F3N4O3/c1-20-6-7-21-15(24)11-4-8-22(9-5-11)13-3-2-12(16(17,18)19)10-14(13)23(25)26/h2-3,10-11,20H,4-9H2,1H3,(H,21,24). The molecule has 1 heterocycles. The number of rotatable bonds is 6. The fourth-order valence-corrected chi connectivity index (χ4v) is 2.95. The molecule has 0 bridgehead atoms. The van der Waals surface area contributed by atoms with Crippen LogP contribution >= 0.6 is 0 Å². The number of carbonyl (C=O) groups is 1. The van der Waals surface area contributed by atoms with Gasteiger partial charge in [0.1, 0.15) is 5.69 Å². The molecule has 1 aliphatic heterocycles. The summed E-state index contributed by atoms with van der Waals surface area (Å²) >= 11 is 0. The minimum absolute atomic E-state index is 0.0678. The molecule has 1 aliphatic rings. The third-order valence-electron chi connectivity index (χ3n) is 4.38. The van der Waals surface area contributed by atoms with E-state index < -0.39 is 22.4 Å². The highest BCUT2D eigenvalue weighted by Gasteiger charge is 2.34. The number of anilines is 1. The van der Waals surface area contributed by atoms with Gasteiger partial charge >= 0.3 is 6.18 Å². The first kappa shape index (κ1) is 20.0. The summed E-state index contributed by atoms with van der Waals surface area (Å²) in [7, 11) is 1.78. The number of nitro benzene ring substituents is 1. The minimum Gasteiger partial charge on any atom is -0.366 e. The monoisotopic (exact) mass is 374 g/mol.